The zero-order chi connectivity index (χ0) is 13.7. The Morgan fingerprint density at radius 3 is 2.67 bits per heavy atom. The molecule has 100 valence electrons. The van der Waals surface area contributed by atoms with Crippen molar-refractivity contribution >= 4 is 34.7 Å². The van der Waals surface area contributed by atoms with E-state index in [2.05, 4.69) is 44.2 Å². The zero-order valence-corrected chi connectivity index (χ0v) is 13.2. The lowest BCUT2D eigenvalue weighted by Gasteiger charge is -2.30. The van der Waals surface area contributed by atoms with Crippen LogP contribution in [-0.4, -0.2) is 30.1 Å². The van der Waals surface area contributed by atoms with Crippen LogP contribution in [0.1, 0.15) is 24.5 Å². The number of nitrogens with two attached hydrogens (primary N) is 1. The van der Waals surface area contributed by atoms with Gasteiger partial charge in [-0.05, 0) is 37.3 Å². The fraction of sp³-hybridized carbons (Fsp3) is 0.500. The van der Waals surface area contributed by atoms with Crippen LogP contribution in [0.25, 0.3) is 0 Å². The number of nitrogens with zero attached hydrogens (tertiary/aromatic N) is 1. The Labute approximate surface area is 120 Å². The molecule has 0 bridgehead atoms. The maximum absolute atomic E-state index is 5.82. The molecule has 0 heterocycles. The van der Waals surface area contributed by atoms with Crippen molar-refractivity contribution in [3.05, 3.63) is 29.3 Å². The van der Waals surface area contributed by atoms with E-state index in [1.54, 1.807) is 0 Å². The second kappa shape index (κ2) is 7.00. The van der Waals surface area contributed by atoms with Gasteiger partial charge in [-0.1, -0.05) is 25.2 Å². The first kappa shape index (κ1) is 15.3. The zero-order valence-electron chi connectivity index (χ0n) is 11.6. The van der Waals surface area contributed by atoms with Gasteiger partial charge in [0.25, 0.3) is 0 Å². The summed E-state index contributed by atoms with van der Waals surface area (Å²) in [7, 11) is 2.13. The molecular weight excluding hydrogens is 260 g/mol. The van der Waals surface area contributed by atoms with E-state index in [0.717, 1.165) is 23.4 Å². The van der Waals surface area contributed by atoms with E-state index < -0.39 is 0 Å². The second-order valence-corrected chi connectivity index (χ2v) is 5.86. The van der Waals surface area contributed by atoms with Crippen LogP contribution in [0.15, 0.2) is 18.2 Å². The summed E-state index contributed by atoms with van der Waals surface area (Å²) in [5.74, 6) is 1.11. The standard InChI is InChI=1S/C14H22N2S2/c1-5-11(9-18-4)16(3)13-8-10(2)6-7-12(13)14(15)17/h6-8,11H,5,9H2,1-4H3,(H2,15,17). The van der Waals surface area contributed by atoms with E-state index in [1.165, 1.54) is 5.56 Å². The monoisotopic (exact) mass is 282 g/mol. The third-order valence-corrected chi connectivity index (χ3v) is 4.11. The molecule has 0 aromatic heterocycles. The summed E-state index contributed by atoms with van der Waals surface area (Å²) in [4.78, 5) is 2.77. The highest BCUT2D eigenvalue weighted by molar-refractivity contribution is 7.98. The molecule has 1 rings (SSSR count). The molecular formula is C14H22N2S2. The number of rotatable bonds is 6. The highest BCUT2D eigenvalue weighted by Gasteiger charge is 2.16. The van der Waals surface area contributed by atoms with Crippen molar-refractivity contribution in [2.24, 2.45) is 5.73 Å². The average molecular weight is 282 g/mol. The van der Waals surface area contributed by atoms with Crippen LogP contribution >= 0.6 is 24.0 Å². The molecule has 0 saturated carbocycles. The topological polar surface area (TPSA) is 29.3 Å². The summed E-state index contributed by atoms with van der Waals surface area (Å²) in [6, 6.07) is 6.75. The molecule has 1 atom stereocenters. The largest absolute Gasteiger partial charge is 0.389 e. The molecule has 0 amide bonds. The van der Waals surface area contributed by atoms with Crippen molar-refractivity contribution in [2.75, 3.05) is 24.0 Å². The average Bonchev–Trinajstić information content (AvgIpc) is 2.34. The van der Waals surface area contributed by atoms with Crippen LogP contribution in [0, 0.1) is 6.92 Å². The molecule has 0 radical (unpaired) electrons. The van der Waals surface area contributed by atoms with Crippen LogP contribution in [-0.2, 0) is 0 Å². The minimum absolute atomic E-state index is 0.468. The maximum atomic E-state index is 5.82. The van der Waals surface area contributed by atoms with Crippen LogP contribution in [0.5, 0.6) is 0 Å². The van der Waals surface area contributed by atoms with Gasteiger partial charge in [0.05, 0.1) is 0 Å². The number of benzene rings is 1. The van der Waals surface area contributed by atoms with Crippen LogP contribution in [0.4, 0.5) is 5.69 Å². The fourth-order valence-corrected chi connectivity index (χ4v) is 3.05. The van der Waals surface area contributed by atoms with Crippen molar-refractivity contribution in [3.8, 4) is 0 Å². The van der Waals surface area contributed by atoms with Gasteiger partial charge in [-0.25, -0.2) is 0 Å². The first-order valence-electron chi connectivity index (χ1n) is 6.13. The molecule has 1 aromatic carbocycles. The van der Waals surface area contributed by atoms with Crippen LogP contribution < -0.4 is 10.6 Å². The van der Waals surface area contributed by atoms with Crippen molar-refractivity contribution in [1.29, 1.82) is 0 Å². The summed E-state index contributed by atoms with van der Waals surface area (Å²) in [5, 5.41) is 0. The van der Waals surface area contributed by atoms with Crippen LogP contribution in [0.2, 0.25) is 0 Å². The molecule has 0 aliphatic carbocycles. The van der Waals surface area contributed by atoms with Crippen molar-refractivity contribution in [2.45, 2.75) is 26.3 Å². The Balaban J connectivity index is 3.13. The third-order valence-electron chi connectivity index (χ3n) is 3.18. The molecule has 2 nitrogen and oxygen atoms in total. The van der Waals surface area contributed by atoms with E-state index in [4.69, 9.17) is 18.0 Å². The summed E-state index contributed by atoms with van der Waals surface area (Å²) in [6.07, 6.45) is 3.25. The van der Waals surface area contributed by atoms with Gasteiger partial charge in [0.1, 0.15) is 4.99 Å². The summed E-state index contributed by atoms with van der Waals surface area (Å²) in [6.45, 7) is 4.31. The first-order chi connectivity index (χ1) is 8.51. The minimum Gasteiger partial charge on any atom is -0.389 e. The smallest absolute Gasteiger partial charge is 0.106 e. The van der Waals surface area contributed by atoms with Gasteiger partial charge in [0, 0.05) is 30.1 Å². The van der Waals surface area contributed by atoms with E-state index >= 15 is 0 Å². The Morgan fingerprint density at radius 2 is 2.17 bits per heavy atom. The predicted octanol–water partition coefficient (Wildman–Crippen LogP) is 3.21. The summed E-state index contributed by atoms with van der Waals surface area (Å²) in [5.41, 5.74) is 9.16. The highest BCUT2D eigenvalue weighted by atomic mass is 32.2. The fourth-order valence-electron chi connectivity index (χ4n) is 2.03. The lowest BCUT2D eigenvalue weighted by atomic mass is 10.1. The van der Waals surface area contributed by atoms with Gasteiger partial charge in [0.2, 0.25) is 0 Å². The molecule has 1 unspecified atom stereocenters. The van der Waals surface area contributed by atoms with Gasteiger partial charge in [-0.2, -0.15) is 11.8 Å². The molecule has 4 heteroatoms. The quantitative estimate of drug-likeness (QED) is 0.811. The number of thioether (sulfide) groups is 1. The normalized spacial score (nSPS) is 12.2. The number of hydrogen-bond donors (Lipinski definition) is 1. The Hall–Kier alpha value is -0.740. The van der Waals surface area contributed by atoms with E-state index in [-0.39, 0.29) is 0 Å². The Bertz CT molecular complexity index is 418. The van der Waals surface area contributed by atoms with Crippen LogP contribution in [0.3, 0.4) is 0 Å². The number of aryl methyl sites for hydroxylation is 1. The van der Waals surface area contributed by atoms with Crippen molar-refractivity contribution in [1.82, 2.24) is 0 Å². The lowest BCUT2D eigenvalue weighted by Crippen LogP contribution is -2.34. The first-order valence-corrected chi connectivity index (χ1v) is 7.93. The van der Waals surface area contributed by atoms with Gasteiger partial charge < -0.3 is 10.6 Å². The molecule has 0 fully saturated rings. The van der Waals surface area contributed by atoms with Crippen molar-refractivity contribution in [3.63, 3.8) is 0 Å². The predicted molar refractivity (Wildman–Crippen MR) is 87.9 cm³/mol. The lowest BCUT2D eigenvalue weighted by molar-refractivity contribution is 0.673. The highest BCUT2D eigenvalue weighted by Crippen LogP contribution is 2.25. The molecule has 0 saturated heterocycles. The number of anilines is 1. The molecule has 18 heavy (non-hydrogen) atoms. The SMILES string of the molecule is CCC(CSC)N(C)c1cc(C)ccc1C(N)=S. The third kappa shape index (κ3) is 3.62. The summed E-state index contributed by atoms with van der Waals surface area (Å²) >= 11 is 7.02. The van der Waals surface area contributed by atoms with E-state index in [9.17, 15) is 0 Å². The van der Waals surface area contributed by atoms with E-state index in [0.29, 0.717) is 11.0 Å². The molecule has 0 spiro atoms. The Kier molecular flexibility index (Phi) is 5.96. The number of thiocarbonyl (C=S) groups is 1. The van der Waals surface area contributed by atoms with Gasteiger partial charge in [-0.15, -0.1) is 0 Å². The molecule has 0 aliphatic rings. The van der Waals surface area contributed by atoms with Gasteiger partial charge in [-0.3, -0.25) is 0 Å². The second-order valence-electron chi connectivity index (χ2n) is 4.51. The number of hydrogen-bond acceptors (Lipinski definition) is 3. The van der Waals surface area contributed by atoms with E-state index in [1.807, 2.05) is 17.8 Å². The molecule has 2 N–H and O–H groups in total. The van der Waals surface area contributed by atoms with Gasteiger partial charge in [0.15, 0.2) is 0 Å². The maximum Gasteiger partial charge on any atom is 0.106 e. The summed E-state index contributed by atoms with van der Waals surface area (Å²) < 4.78 is 0. The molecule has 0 aliphatic heterocycles. The Morgan fingerprint density at radius 1 is 1.50 bits per heavy atom. The van der Waals surface area contributed by atoms with Gasteiger partial charge >= 0.3 is 0 Å². The molecule has 1 aromatic rings. The van der Waals surface area contributed by atoms with Crippen molar-refractivity contribution < 1.29 is 0 Å². The minimum atomic E-state index is 0.468.